The summed E-state index contributed by atoms with van der Waals surface area (Å²) in [6.45, 7) is 3.65. The Morgan fingerprint density at radius 2 is 2.00 bits per heavy atom. The molecule has 0 spiro atoms. The second-order valence-electron chi connectivity index (χ2n) is 2.43. The van der Waals surface area contributed by atoms with Crippen LogP contribution in [0.2, 0.25) is 5.02 Å². The van der Waals surface area contributed by atoms with Crippen molar-refractivity contribution in [1.29, 1.82) is 0 Å². The summed E-state index contributed by atoms with van der Waals surface area (Å²) in [5.74, 6) is -0.304. The smallest absolute Gasteiger partial charge is 0.145 e. The molecule has 0 atom stereocenters. The minimum Gasteiger partial charge on any atom is -0.205 e. The molecule has 60 valence electrons. The first-order chi connectivity index (χ1) is 5.04. The van der Waals surface area contributed by atoms with Crippen LogP contribution in [0, 0.1) is 23.2 Å². The Balaban J connectivity index is 3.46. The van der Waals surface area contributed by atoms with E-state index in [9.17, 15) is 4.39 Å². The van der Waals surface area contributed by atoms with Crippen molar-refractivity contribution in [2.75, 3.05) is 0 Å². The quantitative estimate of drug-likeness (QED) is 0.503. The van der Waals surface area contributed by atoms with Crippen molar-refractivity contribution < 1.29 is 4.39 Å². The number of benzene rings is 1. The SMILES string of the molecule is Cc1cc(Cl)c(F)c(C)c1I. The first kappa shape index (κ1) is 9.26. The number of hydrogen-bond acceptors (Lipinski definition) is 0. The van der Waals surface area contributed by atoms with E-state index in [0.29, 0.717) is 5.56 Å². The average molecular weight is 284 g/mol. The molecule has 0 aliphatic rings. The first-order valence-electron chi connectivity index (χ1n) is 3.14. The van der Waals surface area contributed by atoms with E-state index in [0.717, 1.165) is 9.13 Å². The highest BCUT2D eigenvalue weighted by atomic mass is 127. The van der Waals surface area contributed by atoms with Crippen molar-refractivity contribution in [3.63, 3.8) is 0 Å². The fraction of sp³-hybridized carbons (Fsp3) is 0.250. The van der Waals surface area contributed by atoms with Crippen LogP contribution in [0.25, 0.3) is 0 Å². The lowest BCUT2D eigenvalue weighted by molar-refractivity contribution is 0.617. The molecular weight excluding hydrogens is 277 g/mol. The molecule has 0 nitrogen and oxygen atoms in total. The molecule has 0 N–H and O–H groups in total. The summed E-state index contributed by atoms with van der Waals surface area (Å²) in [5, 5.41) is 0.209. The lowest BCUT2D eigenvalue weighted by Gasteiger charge is -2.04. The summed E-state index contributed by atoms with van der Waals surface area (Å²) < 4.78 is 14.0. The predicted octanol–water partition coefficient (Wildman–Crippen LogP) is 3.70. The van der Waals surface area contributed by atoms with E-state index < -0.39 is 0 Å². The van der Waals surface area contributed by atoms with Gasteiger partial charge in [0.15, 0.2) is 0 Å². The number of rotatable bonds is 0. The molecule has 0 amide bonds. The zero-order valence-electron chi connectivity index (χ0n) is 6.21. The molecule has 1 aromatic carbocycles. The monoisotopic (exact) mass is 284 g/mol. The first-order valence-corrected chi connectivity index (χ1v) is 4.60. The van der Waals surface area contributed by atoms with E-state index in [4.69, 9.17) is 11.6 Å². The molecule has 0 bridgehead atoms. The number of aryl methyl sites for hydroxylation is 1. The Kier molecular flexibility index (Phi) is 2.75. The van der Waals surface area contributed by atoms with Gasteiger partial charge in [-0.2, -0.15) is 0 Å². The van der Waals surface area contributed by atoms with Gasteiger partial charge in [-0.25, -0.2) is 4.39 Å². The van der Waals surface area contributed by atoms with Gasteiger partial charge in [-0.1, -0.05) is 11.6 Å². The minimum atomic E-state index is -0.304. The van der Waals surface area contributed by atoms with Crippen LogP contribution in [-0.2, 0) is 0 Å². The maximum absolute atomic E-state index is 13.0. The molecule has 0 aliphatic carbocycles. The maximum Gasteiger partial charge on any atom is 0.145 e. The Bertz CT molecular complexity index is 270. The van der Waals surface area contributed by atoms with Crippen molar-refractivity contribution in [3.8, 4) is 0 Å². The van der Waals surface area contributed by atoms with Crippen LogP contribution in [0.3, 0.4) is 0 Å². The standard InChI is InChI=1S/C8H7ClFI/c1-4-3-6(9)7(10)5(2)8(4)11/h3H,1-2H3. The van der Waals surface area contributed by atoms with Crippen molar-refractivity contribution in [1.82, 2.24) is 0 Å². The van der Waals surface area contributed by atoms with Crippen LogP contribution in [0.1, 0.15) is 11.1 Å². The third-order valence-electron chi connectivity index (χ3n) is 1.56. The van der Waals surface area contributed by atoms with Gasteiger partial charge in [-0.15, -0.1) is 0 Å². The van der Waals surface area contributed by atoms with Crippen molar-refractivity contribution >= 4 is 34.2 Å². The molecule has 0 unspecified atom stereocenters. The normalized spacial score (nSPS) is 10.3. The van der Waals surface area contributed by atoms with Crippen LogP contribution in [-0.4, -0.2) is 0 Å². The molecule has 0 heterocycles. The lowest BCUT2D eigenvalue weighted by Crippen LogP contribution is -1.91. The highest BCUT2D eigenvalue weighted by Crippen LogP contribution is 2.25. The molecule has 0 radical (unpaired) electrons. The summed E-state index contributed by atoms with van der Waals surface area (Å²) in [6, 6.07) is 1.64. The Morgan fingerprint density at radius 3 is 2.55 bits per heavy atom. The van der Waals surface area contributed by atoms with Crippen LogP contribution < -0.4 is 0 Å². The van der Waals surface area contributed by atoms with E-state index in [2.05, 4.69) is 22.6 Å². The van der Waals surface area contributed by atoms with E-state index in [1.165, 1.54) is 0 Å². The summed E-state index contributed by atoms with van der Waals surface area (Å²) in [7, 11) is 0. The topological polar surface area (TPSA) is 0 Å². The summed E-state index contributed by atoms with van der Waals surface area (Å²) >= 11 is 7.73. The molecule has 3 heteroatoms. The van der Waals surface area contributed by atoms with Crippen LogP contribution >= 0.6 is 34.2 Å². The van der Waals surface area contributed by atoms with E-state index >= 15 is 0 Å². The Morgan fingerprint density at radius 1 is 1.45 bits per heavy atom. The third kappa shape index (κ3) is 1.67. The van der Waals surface area contributed by atoms with Gasteiger partial charge in [-0.3, -0.25) is 0 Å². The van der Waals surface area contributed by atoms with Crippen molar-refractivity contribution in [2.45, 2.75) is 13.8 Å². The summed E-state index contributed by atoms with van der Waals surface area (Å²) in [5.41, 5.74) is 1.66. The third-order valence-corrected chi connectivity index (χ3v) is 3.49. The fourth-order valence-electron chi connectivity index (χ4n) is 0.888. The maximum atomic E-state index is 13.0. The zero-order valence-corrected chi connectivity index (χ0v) is 9.12. The van der Waals surface area contributed by atoms with E-state index in [1.54, 1.807) is 13.0 Å². The average Bonchev–Trinajstić information content (AvgIpc) is 1.97. The van der Waals surface area contributed by atoms with Gasteiger partial charge in [0.1, 0.15) is 5.82 Å². The highest BCUT2D eigenvalue weighted by Gasteiger charge is 2.08. The number of hydrogen-bond donors (Lipinski definition) is 0. The summed E-state index contributed by atoms with van der Waals surface area (Å²) in [6.07, 6.45) is 0. The van der Waals surface area contributed by atoms with Gasteiger partial charge in [0.05, 0.1) is 5.02 Å². The largest absolute Gasteiger partial charge is 0.205 e. The van der Waals surface area contributed by atoms with Gasteiger partial charge in [-0.05, 0) is 53.6 Å². The lowest BCUT2D eigenvalue weighted by atomic mass is 10.1. The molecule has 1 aromatic rings. The predicted molar refractivity (Wildman–Crippen MR) is 53.6 cm³/mol. The van der Waals surface area contributed by atoms with Crippen molar-refractivity contribution in [3.05, 3.63) is 31.6 Å². The van der Waals surface area contributed by atoms with Gasteiger partial charge >= 0.3 is 0 Å². The summed E-state index contributed by atoms with van der Waals surface area (Å²) in [4.78, 5) is 0. The number of halogens is 3. The van der Waals surface area contributed by atoms with E-state index in [-0.39, 0.29) is 10.8 Å². The van der Waals surface area contributed by atoms with Gasteiger partial charge in [0.2, 0.25) is 0 Å². The van der Waals surface area contributed by atoms with E-state index in [1.807, 2.05) is 6.92 Å². The van der Waals surface area contributed by atoms with Crippen LogP contribution in [0.4, 0.5) is 4.39 Å². The van der Waals surface area contributed by atoms with Gasteiger partial charge in [0, 0.05) is 3.57 Å². The van der Waals surface area contributed by atoms with Gasteiger partial charge in [0.25, 0.3) is 0 Å². The molecule has 0 saturated heterocycles. The van der Waals surface area contributed by atoms with Crippen LogP contribution in [0.15, 0.2) is 6.07 Å². The van der Waals surface area contributed by atoms with Crippen LogP contribution in [0.5, 0.6) is 0 Å². The highest BCUT2D eigenvalue weighted by molar-refractivity contribution is 14.1. The molecule has 0 aromatic heterocycles. The Labute approximate surface area is 83.9 Å². The fourth-order valence-corrected chi connectivity index (χ4v) is 1.59. The second-order valence-corrected chi connectivity index (χ2v) is 3.91. The van der Waals surface area contributed by atoms with Crippen molar-refractivity contribution in [2.24, 2.45) is 0 Å². The molecule has 11 heavy (non-hydrogen) atoms. The molecule has 0 fully saturated rings. The molecule has 0 saturated carbocycles. The second kappa shape index (κ2) is 3.27. The minimum absolute atomic E-state index is 0.209. The van der Waals surface area contributed by atoms with Gasteiger partial charge < -0.3 is 0 Å². The molecule has 0 aliphatic heterocycles. The molecular formula is C8H7ClFI. The zero-order chi connectivity index (χ0) is 8.59. The molecule has 1 rings (SSSR count). The Hall–Kier alpha value is 0.170.